The fraction of sp³-hybridized carbons (Fsp3) is 0.238. The molecule has 8 heteroatoms. The molecular formula is C21H19FN6O. The Bertz CT molecular complexity index is 1150. The van der Waals surface area contributed by atoms with Crippen LogP contribution in [0.4, 0.5) is 4.39 Å². The Hall–Kier alpha value is -3.55. The van der Waals surface area contributed by atoms with E-state index in [0.29, 0.717) is 0 Å². The second kappa shape index (κ2) is 7.12. The number of carbonyl (C=O) groups is 1. The van der Waals surface area contributed by atoms with Crippen molar-refractivity contribution >= 4 is 16.8 Å². The second-order valence-electron chi connectivity index (χ2n) is 7.26. The van der Waals surface area contributed by atoms with Gasteiger partial charge in [0.25, 0.3) is 0 Å². The van der Waals surface area contributed by atoms with Gasteiger partial charge in [-0.05, 0) is 59.0 Å². The highest BCUT2D eigenvalue weighted by Crippen LogP contribution is 2.35. The first-order valence-corrected chi connectivity index (χ1v) is 9.58. The number of aromatic nitrogens is 5. The van der Waals surface area contributed by atoms with Crippen LogP contribution in [0.5, 0.6) is 0 Å². The van der Waals surface area contributed by atoms with Gasteiger partial charge in [0.05, 0.1) is 6.04 Å². The number of fused-ring (bicyclic) bond motifs is 3. The van der Waals surface area contributed by atoms with Crippen molar-refractivity contribution in [3.63, 3.8) is 0 Å². The first-order valence-electron chi connectivity index (χ1n) is 9.58. The number of amides is 1. The third kappa shape index (κ3) is 3.16. The molecule has 2 aromatic heterocycles. The number of rotatable bonds is 4. The maximum absolute atomic E-state index is 13.7. The van der Waals surface area contributed by atoms with Gasteiger partial charge in [0, 0.05) is 16.6 Å². The van der Waals surface area contributed by atoms with Crippen molar-refractivity contribution in [1.29, 1.82) is 0 Å². The molecule has 0 aliphatic heterocycles. The van der Waals surface area contributed by atoms with Crippen molar-refractivity contribution in [1.82, 2.24) is 30.5 Å². The van der Waals surface area contributed by atoms with Gasteiger partial charge < -0.3 is 10.3 Å². The monoisotopic (exact) mass is 390 g/mol. The zero-order chi connectivity index (χ0) is 19.8. The number of hydrogen-bond acceptors (Lipinski definition) is 4. The van der Waals surface area contributed by atoms with Crippen LogP contribution in [-0.2, 0) is 11.2 Å². The van der Waals surface area contributed by atoms with E-state index in [0.717, 1.165) is 47.0 Å². The Kier molecular flexibility index (Phi) is 4.31. The van der Waals surface area contributed by atoms with Crippen LogP contribution in [0.25, 0.3) is 10.9 Å². The van der Waals surface area contributed by atoms with Crippen LogP contribution >= 0.6 is 0 Å². The van der Waals surface area contributed by atoms with E-state index in [1.165, 1.54) is 17.1 Å². The van der Waals surface area contributed by atoms with Crippen LogP contribution in [0, 0.1) is 5.82 Å². The average Bonchev–Trinajstić information content (AvgIpc) is 3.38. The predicted molar refractivity (Wildman–Crippen MR) is 104 cm³/mol. The molecule has 29 heavy (non-hydrogen) atoms. The predicted octanol–water partition coefficient (Wildman–Crippen LogP) is 3.08. The van der Waals surface area contributed by atoms with Gasteiger partial charge in [0.1, 0.15) is 12.1 Å². The number of aromatic amines is 1. The molecule has 0 saturated heterocycles. The molecule has 0 fully saturated rings. The highest BCUT2D eigenvalue weighted by Gasteiger charge is 2.30. The molecule has 2 atom stereocenters. The quantitative estimate of drug-likeness (QED) is 0.561. The number of tetrazole rings is 1. The Labute approximate surface area is 165 Å². The first-order chi connectivity index (χ1) is 14.2. The van der Waals surface area contributed by atoms with Gasteiger partial charge in [0.2, 0.25) is 5.91 Å². The summed E-state index contributed by atoms with van der Waals surface area (Å²) < 4.78 is 15.2. The Morgan fingerprint density at radius 2 is 2.10 bits per heavy atom. The summed E-state index contributed by atoms with van der Waals surface area (Å²) in [6.07, 6.45) is 4.03. The van der Waals surface area contributed by atoms with Crippen LogP contribution in [-0.4, -0.2) is 31.1 Å². The molecule has 4 aromatic rings. The van der Waals surface area contributed by atoms with Crippen molar-refractivity contribution in [2.24, 2.45) is 0 Å². The lowest BCUT2D eigenvalue weighted by Crippen LogP contribution is -2.37. The third-order valence-electron chi connectivity index (χ3n) is 5.48. The summed E-state index contributed by atoms with van der Waals surface area (Å²) >= 11 is 0. The first kappa shape index (κ1) is 17.5. The Morgan fingerprint density at radius 1 is 1.24 bits per heavy atom. The molecule has 0 bridgehead atoms. The van der Waals surface area contributed by atoms with Crippen LogP contribution in [0.2, 0.25) is 0 Å². The number of carbonyl (C=O) groups excluding carboxylic acids is 1. The number of nitrogens with zero attached hydrogens (tertiary/aromatic N) is 4. The maximum atomic E-state index is 13.7. The van der Waals surface area contributed by atoms with E-state index < -0.39 is 6.04 Å². The summed E-state index contributed by atoms with van der Waals surface area (Å²) in [5.41, 5.74) is 3.72. The molecule has 1 amide bonds. The van der Waals surface area contributed by atoms with Crippen LogP contribution in [0.1, 0.15) is 41.7 Å². The van der Waals surface area contributed by atoms with E-state index in [9.17, 15) is 9.18 Å². The van der Waals surface area contributed by atoms with Gasteiger partial charge >= 0.3 is 0 Å². The summed E-state index contributed by atoms with van der Waals surface area (Å²) in [6, 6.07) is 13.3. The lowest BCUT2D eigenvalue weighted by atomic mass is 9.91. The van der Waals surface area contributed by atoms with E-state index in [-0.39, 0.29) is 17.8 Å². The van der Waals surface area contributed by atoms with Gasteiger partial charge in [-0.25, -0.2) is 9.07 Å². The minimum absolute atomic E-state index is 0.176. The number of benzene rings is 2. The van der Waals surface area contributed by atoms with Crippen molar-refractivity contribution in [3.05, 3.63) is 77.5 Å². The number of hydrogen-bond donors (Lipinski definition) is 2. The molecule has 5 rings (SSSR count). The van der Waals surface area contributed by atoms with E-state index in [1.54, 1.807) is 12.1 Å². The van der Waals surface area contributed by atoms with Gasteiger partial charge in [-0.3, -0.25) is 4.79 Å². The molecule has 146 valence electrons. The minimum atomic E-state index is -0.668. The van der Waals surface area contributed by atoms with E-state index in [2.05, 4.69) is 25.8 Å². The zero-order valence-electron chi connectivity index (χ0n) is 15.5. The van der Waals surface area contributed by atoms with Gasteiger partial charge in [-0.2, -0.15) is 0 Å². The van der Waals surface area contributed by atoms with Crippen LogP contribution < -0.4 is 5.32 Å². The van der Waals surface area contributed by atoms with Crippen molar-refractivity contribution in [3.8, 4) is 0 Å². The average molecular weight is 390 g/mol. The molecule has 0 spiro atoms. The van der Waals surface area contributed by atoms with Crippen molar-refractivity contribution < 1.29 is 9.18 Å². The molecular weight excluding hydrogens is 371 g/mol. The topological polar surface area (TPSA) is 88.5 Å². The Balaban J connectivity index is 1.48. The summed E-state index contributed by atoms with van der Waals surface area (Å²) in [6.45, 7) is 0. The molecule has 1 aliphatic rings. The Morgan fingerprint density at radius 3 is 2.90 bits per heavy atom. The number of H-pyrrole nitrogens is 1. The standard InChI is InChI=1S/C21H19FN6O/c22-14-9-10-17-16(11-14)15-7-4-8-18(19(15)24-17)25-21(29)20(28-12-23-26-27-28)13-5-2-1-3-6-13/h1-3,5-6,9-12,18,20,24H,4,7-8H2,(H,25,29)/t18-,20+/m1/s1. The van der Waals surface area contributed by atoms with E-state index in [4.69, 9.17) is 0 Å². The van der Waals surface area contributed by atoms with Crippen LogP contribution in [0.3, 0.4) is 0 Å². The molecule has 2 N–H and O–H groups in total. The molecule has 0 radical (unpaired) electrons. The number of aryl methyl sites for hydroxylation is 1. The summed E-state index contributed by atoms with van der Waals surface area (Å²) in [4.78, 5) is 16.7. The van der Waals surface area contributed by atoms with Crippen LogP contribution in [0.15, 0.2) is 54.9 Å². The third-order valence-corrected chi connectivity index (χ3v) is 5.48. The number of halogens is 1. The number of nitrogens with one attached hydrogen (secondary N) is 2. The van der Waals surface area contributed by atoms with E-state index >= 15 is 0 Å². The van der Waals surface area contributed by atoms with Gasteiger partial charge in [0.15, 0.2) is 6.04 Å². The normalized spacial score (nSPS) is 17.1. The molecule has 1 aliphatic carbocycles. The molecule has 2 aromatic carbocycles. The van der Waals surface area contributed by atoms with Crippen molar-refractivity contribution in [2.45, 2.75) is 31.3 Å². The van der Waals surface area contributed by atoms with Gasteiger partial charge in [-0.15, -0.1) is 5.10 Å². The maximum Gasteiger partial charge on any atom is 0.250 e. The SMILES string of the molecule is O=C(N[C@@H]1CCCc2c1[nH]c1ccc(F)cc21)[C@H](c1ccccc1)n1cnnn1. The van der Waals surface area contributed by atoms with E-state index in [1.807, 2.05) is 30.3 Å². The highest BCUT2D eigenvalue weighted by molar-refractivity contribution is 5.87. The summed E-state index contributed by atoms with van der Waals surface area (Å²) in [5, 5.41) is 15.3. The van der Waals surface area contributed by atoms with Crippen molar-refractivity contribution in [2.75, 3.05) is 0 Å². The smallest absolute Gasteiger partial charge is 0.250 e. The fourth-order valence-corrected chi connectivity index (χ4v) is 4.18. The largest absolute Gasteiger partial charge is 0.356 e. The fourth-order valence-electron chi connectivity index (χ4n) is 4.18. The lowest BCUT2D eigenvalue weighted by Gasteiger charge is -2.26. The van der Waals surface area contributed by atoms with Gasteiger partial charge in [-0.1, -0.05) is 30.3 Å². The minimum Gasteiger partial charge on any atom is -0.356 e. The summed E-state index contributed by atoms with van der Waals surface area (Å²) in [5.74, 6) is -0.445. The highest BCUT2D eigenvalue weighted by atomic mass is 19.1. The molecule has 0 unspecified atom stereocenters. The molecule has 0 saturated carbocycles. The molecule has 7 nitrogen and oxygen atoms in total. The lowest BCUT2D eigenvalue weighted by molar-refractivity contribution is -0.124. The zero-order valence-corrected chi connectivity index (χ0v) is 15.5. The second-order valence-corrected chi connectivity index (χ2v) is 7.26. The molecule has 2 heterocycles. The summed E-state index contributed by atoms with van der Waals surface area (Å²) in [7, 11) is 0.